The topological polar surface area (TPSA) is 72.3 Å². The van der Waals surface area contributed by atoms with Gasteiger partial charge in [-0.25, -0.2) is 4.79 Å². The van der Waals surface area contributed by atoms with Crippen LogP contribution in [-0.2, 0) is 6.42 Å². The van der Waals surface area contributed by atoms with E-state index >= 15 is 0 Å². The van der Waals surface area contributed by atoms with E-state index in [2.05, 4.69) is 17.1 Å². The number of carboxylic acid groups (broad SMARTS) is 1. The smallest absolute Gasteiger partial charge is 0.337 e. The van der Waals surface area contributed by atoms with E-state index < -0.39 is 5.97 Å². The Morgan fingerprint density at radius 1 is 1.33 bits per heavy atom. The van der Waals surface area contributed by atoms with Gasteiger partial charge in [-0.3, -0.25) is 0 Å². The summed E-state index contributed by atoms with van der Waals surface area (Å²) in [5, 5.41) is 16.5. The Balaban J connectivity index is 2.28. The highest BCUT2D eigenvalue weighted by molar-refractivity contribution is 5.88. The first-order valence-electron chi connectivity index (χ1n) is 6.55. The second kappa shape index (κ2) is 6.65. The third-order valence-corrected chi connectivity index (χ3v) is 3.09. The summed E-state index contributed by atoms with van der Waals surface area (Å²) in [6.45, 7) is 2.07. The zero-order valence-corrected chi connectivity index (χ0v) is 11.9. The number of methoxy groups -OCH3 is 1. The van der Waals surface area contributed by atoms with Gasteiger partial charge in [0.05, 0.1) is 24.6 Å². The van der Waals surface area contributed by atoms with Crippen LogP contribution >= 0.6 is 0 Å². The third-order valence-electron chi connectivity index (χ3n) is 3.09. The van der Waals surface area contributed by atoms with E-state index in [9.17, 15) is 4.79 Å². The summed E-state index contributed by atoms with van der Waals surface area (Å²) < 4.78 is 5.20. The van der Waals surface area contributed by atoms with Crippen LogP contribution in [0.15, 0.2) is 30.5 Å². The van der Waals surface area contributed by atoms with Crippen LogP contribution in [0.4, 0.5) is 0 Å². The summed E-state index contributed by atoms with van der Waals surface area (Å²) >= 11 is 0. The van der Waals surface area contributed by atoms with Gasteiger partial charge in [-0.05, 0) is 41.8 Å². The minimum atomic E-state index is -1.02. The minimum Gasteiger partial charge on any atom is -0.497 e. The van der Waals surface area contributed by atoms with Gasteiger partial charge in [0.25, 0.3) is 0 Å². The van der Waals surface area contributed by atoms with Crippen LogP contribution in [0, 0.1) is 0 Å². The maximum absolute atomic E-state index is 10.9. The molecule has 1 N–H and O–H groups in total. The van der Waals surface area contributed by atoms with E-state index in [-0.39, 0.29) is 5.56 Å². The molecule has 2 aromatic rings. The molecule has 0 amide bonds. The number of carboxylic acids is 1. The van der Waals surface area contributed by atoms with Gasteiger partial charge in [0.15, 0.2) is 0 Å². The fourth-order valence-electron chi connectivity index (χ4n) is 1.93. The molecule has 108 valence electrons. The molecule has 0 saturated heterocycles. The lowest BCUT2D eigenvalue weighted by molar-refractivity contribution is 0.0696. The molecule has 0 aliphatic heterocycles. The molecule has 21 heavy (non-hydrogen) atoms. The quantitative estimate of drug-likeness (QED) is 0.914. The highest BCUT2D eigenvalue weighted by atomic mass is 16.5. The van der Waals surface area contributed by atoms with Gasteiger partial charge in [0, 0.05) is 0 Å². The van der Waals surface area contributed by atoms with E-state index in [0.717, 1.165) is 23.3 Å². The maximum atomic E-state index is 10.9. The van der Waals surface area contributed by atoms with Gasteiger partial charge in [-0.15, -0.1) is 0 Å². The lowest BCUT2D eigenvalue weighted by Gasteiger charge is -2.06. The third kappa shape index (κ3) is 3.66. The van der Waals surface area contributed by atoms with E-state index in [1.165, 1.54) is 12.3 Å². The molecule has 0 saturated carbocycles. The highest BCUT2D eigenvalue weighted by Crippen LogP contribution is 2.20. The fourth-order valence-corrected chi connectivity index (χ4v) is 1.93. The number of aromatic nitrogens is 2. The van der Waals surface area contributed by atoms with Crippen molar-refractivity contribution >= 4 is 18.1 Å². The predicted octanol–water partition coefficient (Wildman–Crippen LogP) is 2.92. The van der Waals surface area contributed by atoms with Crippen LogP contribution < -0.4 is 4.74 Å². The van der Waals surface area contributed by atoms with Crippen LogP contribution in [0.1, 0.15) is 34.1 Å². The summed E-state index contributed by atoms with van der Waals surface area (Å²) in [5.74, 6) is -0.199. The first-order chi connectivity index (χ1) is 10.1. The molecule has 0 fully saturated rings. The van der Waals surface area contributed by atoms with Crippen molar-refractivity contribution in [1.82, 2.24) is 10.2 Å². The minimum absolute atomic E-state index is 0.120. The lowest BCUT2D eigenvalue weighted by atomic mass is 10.0. The Morgan fingerprint density at radius 3 is 2.81 bits per heavy atom. The van der Waals surface area contributed by atoms with Crippen LogP contribution in [0.3, 0.4) is 0 Å². The van der Waals surface area contributed by atoms with Gasteiger partial charge in [-0.1, -0.05) is 19.1 Å². The largest absolute Gasteiger partial charge is 0.497 e. The molecule has 0 radical (unpaired) electrons. The van der Waals surface area contributed by atoms with Gasteiger partial charge in [-0.2, -0.15) is 10.2 Å². The molecule has 0 bridgehead atoms. The van der Waals surface area contributed by atoms with Gasteiger partial charge >= 0.3 is 5.97 Å². The van der Waals surface area contributed by atoms with E-state index in [1.807, 2.05) is 24.3 Å². The molecule has 1 aromatic carbocycles. The molecule has 0 aliphatic rings. The number of ether oxygens (including phenoxy) is 1. The molecule has 0 aliphatic carbocycles. The zero-order chi connectivity index (χ0) is 15.2. The molecule has 0 atom stereocenters. The number of carbonyl (C=O) groups is 1. The molecule has 0 spiro atoms. The number of hydrogen-bond donors (Lipinski definition) is 1. The van der Waals surface area contributed by atoms with Crippen LogP contribution in [-0.4, -0.2) is 28.4 Å². The van der Waals surface area contributed by atoms with Crippen LogP contribution in [0.25, 0.3) is 12.2 Å². The molecule has 1 heterocycles. The predicted molar refractivity (Wildman–Crippen MR) is 80.3 cm³/mol. The second-order valence-electron chi connectivity index (χ2n) is 4.43. The molecular weight excluding hydrogens is 268 g/mol. The fraction of sp³-hybridized carbons (Fsp3) is 0.188. The first-order valence-corrected chi connectivity index (χ1v) is 6.55. The molecule has 0 unspecified atom stereocenters. The lowest BCUT2D eigenvalue weighted by Crippen LogP contribution is -1.99. The Kier molecular flexibility index (Phi) is 4.66. The number of hydrogen-bond acceptors (Lipinski definition) is 4. The maximum Gasteiger partial charge on any atom is 0.337 e. The molecule has 5 heteroatoms. The van der Waals surface area contributed by atoms with E-state index in [4.69, 9.17) is 9.84 Å². The second-order valence-corrected chi connectivity index (χ2v) is 4.43. The van der Waals surface area contributed by atoms with Crippen molar-refractivity contribution in [1.29, 1.82) is 0 Å². The zero-order valence-electron chi connectivity index (χ0n) is 11.9. The highest BCUT2D eigenvalue weighted by Gasteiger charge is 2.04. The summed E-state index contributed by atoms with van der Waals surface area (Å²) in [7, 11) is 1.64. The van der Waals surface area contributed by atoms with Crippen molar-refractivity contribution in [3.05, 3.63) is 52.8 Å². The number of benzene rings is 1. The Bertz CT molecular complexity index is 681. The van der Waals surface area contributed by atoms with Crippen molar-refractivity contribution in [2.75, 3.05) is 7.11 Å². The van der Waals surface area contributed by atoms with Crippen molar-refractivity contribution < 1.29 is 14.6 Å². The number of nitrogens with zero attached hydrogens (tertiary/aromatic N) is 2. The van der Waals surface area contributed by atoms with Crippen molar-refractivity contribution in [3.63, 3.8) is 0 Å². The number of rotatable bonds is 5. The molecule has 2 rings (SSSR count). The normalized spacial score (nSPS) is 10.8. The van der Waals surface area contributed by atoms with Crippen LogP contribution in [0.5, 0.6) is 5.75 Å². The summed E-state index contributed by atoms with van der Waals surface area (Å²) in [6, 6.07) is 7.32. The first kappa shape index (κ1) is 14.7. The van der Waals surface area contributed by atoms with E-state index in [1.54, 1.807) is 13.2 Å². The number of aromatic carboxylic acids is 1. The van der Waals surface area contributed by atoms with Gasteiger partial charge in [0.1, 0.15) is 5.75 Å². The number of aryl methyl sites for hydroxylation is 1. The SMILES string of the molecule is CCc1cc(OC)ccc1/C=C/c1cc(C(=O)O)cnn1. The summed E-state index contributed by atoms with van der Waals surface area (Å²) in [6.07, 6.45) is 5.75. The Labute approximate surface area is 122 Å². The molecule has 5 nitrogen and oxygen atoms in total. The van der Waals surface area contributed by atoms with Crippen molar-refractivity contribution in [3.8, 4) is 5.75 Å². The average molecular weight is 284 g/mol. The van der Waals surface area contributed by atoms with Crippen molar-refractivity contribution in [2.45, 2.75) is 13.3 Å². The van der Waals surface area contributed by atoms with Gasteiger partial charge < -0.3 is 9.84 Å². The monoisotopic (exact) mass is 284 g/mol. The summed E-state index contributed by atoms with van der Waals surface area (Å²) in [4.78, 5) is 10.9. The van der Waals surface area contributed by atoms with Crippen LogP contribution in [0.2, 0.25) is 0 Å². The molecule has 1 aromatic heterocycles. The standard InChI is InChI=1S/C16H16N2O3/c1-3-11-9-15(21-2)7-5-12(11)4-6-14-8-13(16(19)20)10-17-18-14/h4-10H,3H2,1-2H3,(H,19,20)/b6-4+. The Hall–Kier alpha value is -2.69. The van der Waals surface area contributed by atoms with Crippen molar-refractivity contribution in [2.24, 2.45) is 0 Å². The average Bonchev–Trinajstić information content (AvgIpc) is 2.53. The Morgan fingerprint density at radius 2 is 2.14 bits per heavy atom. The van der Waals surface area contributed by atoms with Gasteiger partial charge in [0.2, 0.25) is 0 Å². The van der Waals surface area contributed by atoms with E-state index in [0.29, 0.717) is 5.69 Å². The molecular formula is C16H16N2O3. The summed E-state index contributed by atoms with van der Waals surface area (Å²) in [5.41, 5.74) is 2.82.